The van der Waals surface area contributed by atoms with Crippen molar-refractivity contribution in [3.63, 3.8) is 0 Å². The topological polar surface area (TPSA) is 96.0 Å². The number of sulfonamides is 1. The molecule has 0 aromatic heterocycles. The normalized spacial score (nSPS) is 14.5. The Balaban J connectivity index is 1.77. The molecule has 11 heteroatoms. The number of benzene rings is 3. The molecular formula is C33H39Cl2N3O5S. The van der Waals surface area contributed by atoms with Crippen molar-refractivity contribution in [2.45, 2.75) is 75.9 Å². The van der Waals surface area contributed by atoms with Crippen LogP contribution in [-0.4, -0.2) is 50.4 Å². The zero-order chi connectivity index (χ0) is 31.7. The van der Waals surface area contributed by atoms with Crippen molar-refractivity contribution >= 4 is 50.7 Å². The Bertz CT molecular complexity index is 1510. The van der Waals surface area contributed by atoms with Crippen LogP contribution in [0.5, 0.6) is 5.75 Å². The molecule has 1 N–H and O–H groups in total. The summed E-state index contributed by atoms with van der Waals surface area (Å²) in [4.78, 5) is 29.6. The lowest BCUT2D eigenvalue weighted by atomic mass is 9.95. The lowest BCUT2D eigenvalue weighted by Crippen LogP contribution is -2.54. The van der Waals surface area contributed by atoms with Crippen molar-refractivity contribution in [1.82, 2.24) is 10.2 Å². The molecule has 236 valence electrons. The third-order valence-corrected chi connectivity index (χ3v) is 10.3. The number of nitrogens with one attached hydrogen (secondary N) is 1. The molecule has 0 heterocycles. The molecule has 1 aliphatic carbocycles. The highest BCUT2D eigenvalue weighted by molar-refractivity contribution is 7.92. The third kappa shape index (κ3) is 8.06. The summed E-state index contributed by atoms with van der Waals surface area (Å²) >= 11 is 13.1. The number of rotatable bonds is 13. The van der Waals surface area contributed by atoms with Gasteiger partial charge >= 0.3 is 0 Å². The molecule has 2 amide bonds. The van der Waals surface area contributed by atoms with Crippen LogP contribution in [0.15, 0.2) is 77.7 Å². The van der Waals surface area contributed by atoms with Gasteiger partial charge in [0.15, 0.2) is 0 Å². The average molecular weight is 661 g/mol. The number of carbonyl (C=O) groups is 2. The van der Waals surface area contributed by atoms with Crippen LogP contribution in [0.25, 0.3) is 0 Å². The van der Waals surface area contributed by atoms with E-state index in [2.05, 4.69) is 5.32 Å². The first kappa shape index (κ1) is 33.6. The molecule has 3 aromatic carbocycles. The van der Waals surface area contributed by atoms with Gasteiger partial charge in [0.2, 0.25) is 11.8 Å². The molecule has 44 heavy (non-hydrogen) atoms. The summed E-state index contributed by atoms with van der Waals surface area (Å²) in [7, 11) is -4.23. The number of halogens is 2. The summed E-state index contributed by atoms with van der Waals surface area (Å²) in [6, 6.07) is 18.8. The Labute approximate surface area is 270 Å². The van der Waals surface area contributed by atoms with E-state index < -0.39 is 28.5 Å². The predicted molar refractivity (Wildman–Crippen MR) is 175 cm³/mol. The second-order valence-electron chi connectivity index (χ2n) is 10.7. The van der Waals surface area contributed by atoms with Gasteiger partial charge in [-0.15, -0.1) is 0 Å². The van der Waals surface area contributed by atoms with E-state index in [0.717, 1.165) is 36.4 Å². The Morgan fingerprint density at radius 3 is 2.18 bits per heavy atom. The smallest absolute Gasteiger partial charge is 0.264 e. The van der Waals surface area contributed by atoms with Crippen molar-refractivity contribution < 1.29 is 22.7 Å². The van der Waals surface area contributed by atoms with Gasteiger partial charge in [0.05, 0.1) is 17.2 Å². The number of hydrogen-bond donors (Lipinski definition) is 1. The van der Waals surface area contributed by atoms with E-state index in [-0.39, 0.29) is 29.1 Å². The van der Waals surface area contributed by atoms with Gasteiger partial charge in [-0.2, -0.15) is 0 Å². The van der Waals surface area contributed by atoms with Crippen LogP contribution in [0.1, 0.15) is 57.9 Å². The van der Waals surface area contributed by atoms with Gasteiger partial charge in [0.25, 0.3) is 10.0 Å². The minimum Gasteiger partial charge on any atom is -0.492 e. The van der Waals surface area contributed by atoms with Crippen LogP contribution in [0.3, 0.4) is 0 Å². The summed E-state index contributed by atoms with van der Waals surface area (Å²) in [6.45, 7) is 3.24. The minimum absolute atomic E-state index is 0.0156. The Morgan fingerprint density at radius 2 is 1.55 bits per heavy atom. The maximum atomic E-state index is 14.4. The fourth-order valence-corrected chi connectivity index (χ4v) is 7.45. The molecule has 1 atom stereocenters. The SMILES string of the molecule is CCOc1ccccc1N(CC(=O)N(Cc1c(Cl)cccc1Cl)[C@@H](CC)C(=O)NC1CCCCC1)S(=O)(=O)c1ccccc1. The molecule has 0 radical (unpaired) electrons. The van der Waals surface area contributed by atoms with E-state index in [1.54, 1.807) is 67.6 Å². The van der Waals surface area contributed by atoms with E-state index >= 15 is 0 Å². The molecule has 0 spiro atoms. The van der Waals surface area contributed by atoms with Crippen LogP contribution in [-0.2, 0) is 26.2 Å². The van der Waals surface area contributed by atoms with E-state index in [4.69, 9.17) is 27.9 Å². The Kier molecular flexibility index (Phi) is 11.9. The molecule has 3 aromatic rings. The summed E-state index contributed by atoms with van der Waals surface area (Å²) in [5.74, 6) is -0.564. The van der Waals surface area contributed by atoms with Gasteiger partial charge in [0, 0.05) is 28.2 Å². The fraction of sp³-hybridized carbons (Fsp3) is 0.394. The number of anilines is 1. The predicted octanol–water partition coefficient (Wildman–Crippen LogP) is 6.84. The lowest BCUT2D eigenvalue weighted by Gasteiger charge is -2.35. The molecule has 1 aliphatic rings. The molecule has 0 saturated heterocycles. The van der Waals surface area contributed by atoms with Gasteiger partial charge in [-0.3, -0.25) is 13.9 Å². The molecule has 0 bridgehead atoms. The molecule has 0 aliphatic heterocycles. The number of amides is 2. The number of hydrogen-bond acceptors (Lipinski definition) is 5. The van der Waals surface area contributed by atoms with E-state index in [1.807, 2.05) is 6.92 Å². The first-order valence-electron chi connectivity index (χ1n) is 15.0. The van der Waals surface area contributed by atoms with Crippen molar-refractivity contribution in [2.75, 3.05) is 17.5 Å². The number of ether oxygens (including phenoxy) is 1. The Morgan fingerprint density at radius 1 is 0.909 bits per heavy atom. The van der Waals surface area contributed by atoms with Crippen molar-refractivity contribution in [1.29, 1.82) is 0 Å². The molecule has 8 nitrogen and oxygen atoms in total. The molecular weight excluding hydrogens is 621 g/mol. The van der Waals surface area contributed by atoms with Crippen molar-refractivity contribution in [2.24, 2.45) is 0 Å². The zero-order valence-electron chi connectivity index (χ0n) is 25.0. The third-order valence-electron chi connectivity index (χ3n) is 7.77. The first-order chi connectivity index (χ1) is 21.2. The van der Waals surface area contributed by atoms with Gasteiger partial charge < -0.3 is 15.0 Å². The fourth-order valence-electron chi connectivity index (χ4n) is 5.49. The Hall–Kier alpha value is -3.27. The van der Waals surface area contributed by atoms with Crippen LogP contribution in [0.2, 0.25) is 10.0 Å². The van der Waals surface area contributed by atoms with Gasteiger partial charge in [-0.05, 0) is 62.6 Å². The monoisotopic (exact) mass is 659 g/mol. The highest BCUT2D eigenvalue weighted by Gasteiger charge is 2.35. The van der Waals surface area contributed by atoms with Crippen LogP contribution < -0.4 is 14.4 Å². The molecule has 0 unspecified atom stereocenters. The first-order valence-corrected chi connectivity index (χ1v) is 17.2. The summed E-state index contributed by atoms with van der Waals surface area (Å²) < 4.78 is 35.1. The molecule has 1 saturated carbocycles. The van der Waals surface area contributed by atoms with Gasteiger partial charge in [-0.1, -0.05) is 85.8 Å². The molecule has 1 fully saturated rings. The number of carbonyl (C=O) groups excluding carboxylic acids is 2. The maximum absolute atomic E-state index is 14.4. The number of para-hydroxylation sites is 2. The second kappa shape index (κ2) is 15.6. The summed E-state index contributed by atoms with van der Waals surface area (Å²) in [5.41, 5.74) is 0.683. The standard InChI is InChI=1S/C33H39Cl2N3O5S/c1-3-29(33(40)36-24-14-7-5-8-15-24)37(22-26-27(34)18-13-19-28(26)35)32(39)23-38(30-20-11-12-21-31(30)43-4-2)44(41,42)25-16-9-6-10-17-25/h6,9-13,16-21,24,29H,3-5,7-8,14-15,22-23H2,1-2H3,(H,36,40)/t29-/m0/s1. The second-order valence-corrected chi connectivity index (χ2v) is 13.4. The summed E-state index contributed by atoms with van der Waals surface area (Å²) in [6.07, 6.45) is 5.26. The van der Waals surface area contributed by atoms with Crippen LogP contribution >= 0.6 is 23.2 Å². The van der Waals surface area contributed by atoms with Gasteiger partial charge in [0.1, 0.15) is 18.3 Å². The van der Waals surface area contributed by atoms with Crippen molar-refractivity contribution in [3.8, 4) is 5.75 Å². The minimum atomic E-state index is -4.23. The summed E-state index contributed by atoms with van der Waals surface area (Å²) in [5, 5.41) is 3.82. The molecule has 4 rings (SSSR count). The maximum Gasteiger partial charge on any atom is 0.264 e. The van der Waals surface area contributed by atoms with E-state index in [1.165, 1.54) is 17.0 Å². The zero-order valence-corrected chi connectivity index (χ0v) is 27.4. The van der Waals surface area contributed by atoms with Crippen molar-refractivity contribution in [3.05, 3.63) is 88.4 Å². The van der Waals surface area contributed by atoms with E-state index in [9.17, 15) is 18.0 Å². The van der Waals surface area contributed by atoms with Crippen LogP contribution in [0, 0.1) is 0 Å². The highest BCUT2D eigenvalue weighted by Crippen LogP contribution is 2.33. The van der Waals surface area contributed by atoms with Crippen LogP contribution in [0.4, 0.5) is 5.69 Å². The average Bonchev–Trinajstić information content (AvgIpc) is 3.02. The largest absolute Gasteiger partial charge is 0.492 e. The number of nitrogens with zero attached hydrogens (tertiary/aromatic N) is 2. The highest BCUT2D eigenvalue weighted by atomic mass is 35.5. The quantitative estimate of drug-likeness (QED) is 0.217. The van der Waals surface area contributed by atoms with Gasteiger partial charge in [-0.25, -0.2) is 8.42 Å². The van der Waals surface area contributed by atoms with E-state index in [0.29, 0.717) is 34.4 Å². The lowest BCUT2D eigenvalue weighted by molar-refractivity contribution is -0.140.